The zero-order valence-electron chi connectivity index (χ0n) is 22.9. The van der Waals surface area contributed by atoms with Crippen molar-refractivity contribution in [1.82, 2.24) is 0 Å². The molecule has 9 heteroatoms. The SMILES string of the molecule is CCC(Sc1cccc(NC(=O)c2ccccc2C(=O)O)c1)C(=O)Nc1sc2c(c1C#N)CCC(c1ccccc1)C2. The number of amides is 2. The summed E-state index contributed by atoms with van der Waals surface area (Å²) in [5, 5.41) is 25.4. The Balaban J connectivity index is 1.27. The van der Waals surface area contributed by atoms with Gasteiger partial charge in [0.2, 0.25) is 5.91 Å². The zero-order valence-corrected chi connectivity index (χ0v) is 24.6. The van der Waals surface area contributed by atoms with Gasteiger partial charge in [0.1, 0.15) is 11.1 Å². The lowest BCUT2D eigenvalue weighted by molar-refractivity contribution is -0.115. The van der Waals surface area contributed by atoms with Crippen LogP contribution < -0.4 is 10.6 Å². The molecule has 0 spiro atoms. The molecule has 212 valence electrons. The van der Waals surface area contributed by atoms with Crippen LogP contribution in [0.5, 0.6) is 0 Å². The van der Waals surface area contributed by atoms with Gasteiger partial charge in [-0.2, -0.15) is 5.26 Å². The van der Waals surface area contributed by atoms with Gasteiger partial charge in [-0.1, -0.05) is 55.5 Å². The van der Waals surface area contributed by atoms with Crippen molar-refractivity contribution in [2.45, 2.75) is 48.7 Å². The molecule has 2 amide bonds. The summed E-state index contributed by atoms with van der Waals surface area (Å²) in [5.41, 5.74) is 3.40. The number of thioether (sulfide) groups is 1. The van der Waals surface area contributed by atoms with Gasteiger partial charge in [0, 0.05) is 15.5 Å². The summed E-state index contributed by atoms with van der Waals surface area (Å²) < 4.78 is 0. The monoisotopic (exact) mass is 595 g/mol. The molecule has 1 aliphatic carbocycles. The molecule has 5 rings (SSSR count). The van der Waals surface area contributed by atoms with E-state index in [9.17, 15) is 24.8 Å². The molecule has 0 aliphatic heterocycles. The average Bonchev–Trinajstić information content (AvgIpc) is 3.36. The molecule has 2 unspecified atom stereocenters. The van der Waals surface area contributed by atoms with Crippen molar-refractivity contribution in [2.75, 3.05) is 10.6 Å². The van der Waals surface area contributed by atoms with Crippen molar-refractivity contribution in [3.8, 4) is 6.07 Å². The number of hydrogen-bond donors (Lipinski definition) is 3. The Kier molecular flexibility index (Phi) is 9.06. The van der Waals surface area contributed by atoms with Gasteiger partial charge in [-0.15, -0.1) is 23.1 Å². The minimum absolute atomic E-state index is 0.0656. The predicted molar refractivity (Wildman–Crippen MR) is 167 cm³/mol. The summed E-state index contributed by atoms with van der Waals surface area (Å²) in [4.78, 5) is 39.7. The number of nitrogens with zero attached hydrogens (tertiary/aromatic N) is 1. The molecular weight excluding hydrogens is 567 g/mol. The molecule has 0 fully saturated rings. The molecule has 0 saturated heterocycles. The fourth-order valence-corrected chi connectivity index (χ4v) is 7.49. The molecule has 1 aliphatic rings. The summed E-state index contributed by atoms with van der Waals surface area (Å²) in [6, 6.07) is 25.9. The first kappa shape index (κ1) is 29.1. The highest BCUT2D eigenvalue weighted by atomic mass is 32.2. The summed E-state index contributed by atoms with van der Waals surface area (Å²) >= 11 is 2.88. The summed E-state index contributed by atoms with van der Waals surface area (Å²) in [6.07, 6.45) is 3.20. The maximum Gasteiger partial charge on any atom is 0.336 e. The third-order valence-corrected chi connectivity index (χ3v) is 9.85. The Labute approximate surface area is 252 Å². The molecule has 2 atom stereocenters. The van der Waals surface area contributed by atoms with E-state index in [2.05, 4.69) is 41.0 Å². The van der Waals surface area contributed by atoms with Crippen molar-refractivity contribution in [1.29, 1.82) is 5.26 Å². The number of hydrogen-bond acceptors (Lipinski definition) is 6. The highest BCUT2D eigenvalue weighted by molar-refractivity contribution is 8.00. The number of carboxylic acid groups (broad SMARTS) is 1. The highest BCUT2D eigenvalue weighted by Gasteiger charge is 2.28. The van der Waals surface area contributed by atoms with Crippen LogP contribution in [0.4, 0.5) is 10.7 Å². The lowest BCUT2D eigenvalue weighted by Gasteiger charge is -2.22. The first-order valence-corrected chi connectivity index (χ1v) is 15.4. The minimum Gasteiger partial charge on any atom is -0.478 e. The number of rotatable bonds is 9. The van der Waals surface area contributed by atoms with E-state index in [1.807, 2.05) is 19.1 Å². The molecule has 0 radical (unpaired) electrons. The van der Waals surface area contributed by atoms with E-state index in [4.69, 9.17) is 0 Å². The second-order valence-corrected chi connectivity index (χ2v) is 12.4. The molecule has 0 saturated carbocycles. The average molecular weight is 596 g/mol. The van der Waals surface area contributed by atoms with Crippen LogP contribution in [0.25, 0.3) is 0 Å². The van der Waals surface area contributed by atoms with Crippen LogP contribution in [0.1, 0.15) is 68.0 Å². The van der Waals surface area contributed by atoms with Crippen LogP contribution in [-0.4, -0.2) is 28.1 Å². The predicted octanol–water partition coefficient (Wildman–Crippen LogP) is 7.35. The van der Waals surface area contributed by atoms with E-state index >= 15 is 0 Å². The van der Waals surface area contributed by atoms with Crippen LogP contribution in [0, 0.1) is 11.3 Å². The number of carboxylic acids is 1. The first-order valence-electron chi connectivity index (χ1n) is 13.7. The second kappa shape index (κ2) is 13.1. The van der Waals surface area contributed by atoms with E-state index in [1.54, 1.807) is 30.3 Å². The Morgan fingerprint density at radius 2 is 1.76 bits per heavy atom. The number of carbonyl (C=O) groups is 3. The molecule has 3 N–H and O–H groups in total. The second-order valence-electron chi connectivity index (χ2n) is 10.0. The standard InChI is InChI=1S/C33H29N3O4S2/c1-2-28(41-23-12-8-11-22(18-23)35-30(37)25-13-6-7-14-26(25)33(39)40)31(38)36-32-27(19-34)24-16-15-21(17-29(24)42-32)20-9-4-3-5-10-20/h3-14,18,21,28H,2,15-17H2,1H3,(H,35,37)(H,36,38)(H,39,40). The number of anilines is 2. The fraction of sp³-hybridized carbons (Fsp3) is 0.212. The van der Waals surface area contributed by atoms with Crippen molar-refractivity contribution in [2.24, 2.45) is 0 Å². The van der Waals surface area contributed by atoms with Gasteiger partial charge >= 0.3 is 5.97 Å². The molecule has 0 bridgehead atoms. The topological polar surface area (TPSA) is 119 Å². The number of thiophene rings is 1. The highest BCUT2D eigenvalue weighted by Crippen LogP contribution is 2.42. The van der Waals surface area contributed by atoms with Crippen molar-refractivity contribution in [3.63, 3.8) is 0 Å². The van der Waals surface area contributed by atoms with Gasteiger partial charge in [-0.3, -0.25) is 9.59 Å². The van der Waals surface area contributed by atoms with E-state index < -0.39 is 17.1 Å². The summed E-state index contributed by atoms with van der Waals surface area (Å²) in [6.45, 7) is 1.93. The minimum atomic E-state index is -1.18. The van der Waals surface area contributed by atoms with Gasteiger partial charge in [0.05, 0.1) is 21.9 Å². The quantitative estimate of drug-likeness (QED) is 0.174. The molecule has 3 aromatic carbocycles. The van der Waals surface area contributed by atoms with Crippen molar-refractivity contribution in [3.05, 3.63) is 112 Å². The zero-order chi connectivity index (χ0) is 29.6. The van der Waals surface area contributed by atoms with Crippen molar-refractivity contribution < 1.29 is 19.5 Å². The lowest BCUT2D eigenvalue weighted by Crippen LogP contribution is -2.24. The Bertz CT molecular complexity index is 1680. The number of carbonyl (C=O) groups excluding carboxylic acids is 2. The molecule has 4 aromatic rings. The number of benzene rings is 3. The number of aromatic carboxylic acids is 1. The van der Waals surface area contributed by atoms with Crippen LogP contribution in [-0.2, 0) is 17.6 Å². The third kappa shape index (κ3) is 6.40. The van der Waals surface area contributed by atoms with Gasteiger partial charge in [-0.25, -0.2) is 4.79 Å². The lowest BCUT2D eigenvalue weighted by atomic mass is 9.83. The van der Waals surface area contributed by atoms with Gasteiger partial charge in [0.15, 0.2) is 0 Å². The van der Waals surface area contributed by atoms with Crippen LogP contribution >= 0.6 is 23.1 Å². The summed E-state index contributed by atoms with van der Waals surface area (Å²) in [7, 11) is 0. The number of nitrogens with one attached hydrogen (secondary N) is 2. The van der Waals surface area contributed by atoms with Crippen LogP contribution in [0.15, 0.2) is 83.8 Å². The largest absolute Gasteiger partial charge is 0.478 e. The van der Waals surface area contributed by atoms with Gasteiger partial charge in [0.25, 0.3) is 5.91 Å². The maximum absolute atomic E-state index is 13.4. The van der Waals surface area contributed by atoms with Gasteiger partial charge in [-0.05, 0) is 73.1 Å². The normalized spacial score (nSPS) is 14.7. The Hall–Kier alpha value is -4.39. The Morgan fingerprint density at radius 3 is 2.48 bits per heavy atom. The van der Waals surface area contributed by atoms with Crippen LogP contribution in [0.2, 0.25) is 0 Å². The molecular formula is C33H29N3O4S2. The fourth-order valence-electron chi connectivity index (χ4n) is 5.19. The third-order valence-electron chi connectivity index (χ3n) is 7.32. The smallest absolute Gasteiger partial charge is 0.336 e. The maximum atomic E-state index is 13.4. The summed E-state index contributed by atoms with van der Waals surface area (Å²) in [5.74, 6) is -1.48. The number of fused-ring (bicyclic) bond motifs is 1. The number of nitriles is 1. The van der Waals surface area contributed by atoms with E-state index in [0.717, 1.165) is 34.6 Å². The Morgan fingerprint density at radius 1 is 1.02 bits per heavy atom. The van der Waals surface area contributed by atoms with E-state index in [0.29, 0.717) is 28.6 Å². The molecule has 1 aromatic heterocycles. The van der Waals surface area contributed by atoms with E-state index in [1.165, 1.54) is 40.8 Å². The first-order chi connectivity index (χ1) is 20.4. The van der Waals surface area contributed by atoms with Crippen molar-refractivity contribution >= 4 is 51.6 Å². The molecule has 7 nitrogen and oxygen atoms in total. The molecule has 1 heterocycles. The molecule has 42 heavy (non-hydrogen) atoms. The van der Waals surface area contributed by atoms with E-state index in [-0.39, 0.29) is 17.0 Å². The van der Waals surface area contributed by atoms with Gasteiger partial charge < -0.3 is 15.7 Å². The van der Waals surface area contributed by atoms with Crippen LogP contribution in [0.3, 0.4) is 0 Å².